The van der Waals surface area contributed by atoms with Crippen molar-refractivity contribution in [2.75, 3.05) is 0 Å². The molecule has 0 amide bonds. The van der Waals surface area contributed by atoms with E-state index < -0.39 is 0 Å². The standard InChI is InChI=1S/C28H48O/c1-18(2)19(3)7-8-20(4)24-11-12-25-23-10-9-21-17-22(29)13-15-27(21,5)26(23)14-16-28(24,25)6/h10,18-22,24-26,29H,7-9,11-17H2,1-6H3/t19-,20+,21+,22+,24-,25+,26+,27+,28-/m0/s1. The van der Waals surface area contributed by atoms with Gasteiger partial charge in [-0.1, -0.05) is 66.0 Å². The average Bonchev–Trinajstić information content (AvgIpc) is 3.03. The number of allylic oxidation sites excluding steroid dienone is 2. The summed E-state index contributed by atoms with van der Waals surface area (Å²) in [7, 11) is 0. The highest BCUT2D eigenvalue weighted by atomic mass is 16.3. The first kappa shape index (κ1) is 21.9. The molecule has 4 aliphatic carbocycles. The van der Waals surface area contributed by atoms with E-state index in [1.165, 1.54) is 51.4 Å². The molecule has 1 nitrogen and oxygen atoms in total. The van der Waals surface area contributed by atoms with Gasteiger partial charge in [0.1, 0.15) is 0 Å². The van der Waals surface area contributed by atoms with Gasteiger partial charge in [0.05, 0.1) is 6.10 Å². The van der Waals surface area contributed by atoms with E-state index in [1.807, 2.05) is 5.57 Å². The zero-order chi connectivity index (χ0) is 21.0. The largest absolute Gasteiger partial charge is 0.393 e. The van der Waals surface area contributed by atoms with Crippen LogP contribution in [0.5, 0.6) is 0 Å². The molecule has 0 bridgehead atoms. The number of rotatable bonds is 5. The first-order chi connectivity index (χ1) is 13.7. The van der Waals surface area contributed by atoms with Gasteiger partial charge < -0.3 is 5.11 Å². The maximum atomic E-state index is 10.2. The molecule has 3 saturated carbocycles. The van der Waals surface area contributed by atoms with Crippen LogP contribution in [0.15, 0.2) is 11.6 Å². The molecule has 0 aliphatic heterocycles. The van der Waals surface area contributed by atoms with Crippen molar-refractivity contribution < 1.29 is 5.11 Å². The van der Waals surface area contributed by atoms with Crippen LogP contribution in [0.3, 0.4) is 0 Å². The van der Waals surface area contributed by atoms with Crippen LogP contribution in [0.1, 0.15) is 106 Å². The van der Waals surface area contributed by atoms with Crippen molar-refractivity contribution in [2.24, 2.45) is 52.3 Å². The molecule has 166 valence electrons. The van der Waals surface area contributed by atoms with Crippen LogP contribution in [0.2, 0.25) is 0 Å². The molecule has 9 atom stereocenters. The summed E-state index contributed by atoms with van der Waals surface area (Å²) in [5.74, 6) is 5.85. The molecule has 0 saturated heterocycles. The van der Waals surface area contributed by atoms with E-state index in [-0.39, 0.29) is 6.10 Å². The monoisotopic (exact) mass is 400 g/mol. The molecule has 0 aromatic rings. The number of aliphatic hydroxyl groups excluding tert-OH is 1. The lowest BCUT2D eigenvalue weighted by molar-refractivity contribution is -0.0428. The zero-order valence-corrected chi connectivity index (χ0v) is 20.2. The van der Waals surface area contributed by atoms with Gasteiger partial charge in [-0.05, 0) is 104 Å². The van der Waals surface area contributed by atoms with Crippen molar-refractivity contribution in [1.82, 2.24) is 0 Å². The first-order valence-electron chi connectivity index (χ1n) is 13.0. The number of hydrogen-bond acceptors (Lipinski definition) is 1. The molecule has 3 fully saturated rings. The van der Waals surface area contributed by atoms with Crippen LogP contribution in [0.25, 0.3) is 0 Å². The van der Waals surface area contributed by atoms with Crippen molar-refractivity contribution in [1.29, 1.82) is 0 Å². The quantitative estimate of drug-likeness (QED) is 0.470. The van der Waals surface area contributed by atoms with Gasteiger partial charge in [0.25, 0.3) is 0 Å². The predicted octanol–water partition coefficient (Wildman–Crippen LogP) is 7.63. The van der Waals surface area contributed by atoms with Gasteiger partial charge in [-0.15, -0.1) is 0 Å². The van der Waals surface area contributed by atoms with E-state index in [0.717, 1.165) is 54.3 Å². The lowest BCUT2D eigenvalue weighted by Crippen LogP contribution is -2.49. The highest BCUT2D eigenvalue weighted by Crippen LogP contribution is 2.67. The fraction of sp³-hybridized carbons (Fsp3) is 0.929. The molecule has 0 aromatic heterocycles. The van der Waals surface area contributed by atoms with Crippen molar-refractivity contribution in [3.05, 3.63) is 11.6 Å². The lowest BCUT2D eigenvalue weighted by Gasteiger charge is -2.57. The predicted molar refractivity (Wildman–Crippen MR) is 124 cm³/mol. The fourth-order valence-electron chi connectivity index (χ4n) is 8.53. The SMILES string of the molecule is CC(C)[C@@H](C)CC[C@@H](C)[C@@H]1CC[C@@H]2C3=CC[C@@H]4C[C@H](O)CC[C@@]4(C)[C@@H]3CC[C@]21C. The van der Waals surface area contributed by atoms with Gasteiger partial charge in [-0.3, -0.25) is 0 Å². The van der Waals surface area contributed by atoms with Gasteiger partial charge >= 0.3 is 0 Å². The van der Waals surface area contributed by atoms with E-state index >= 15 is 0 Å². The number of aliphatic hydroxyl groups is 1. The average molecular weight is 401 g/mol. The Balaban J connectivity index is 1.50. The van der Waals surface area contributed by atoms with E-state index in [4.69, 9.17) is 0 Å². The zero-order valence-electron chi connectivity index (χ0n) is 20.2. The van der Waals surface area contributed by atoms with Gasteiger partial charge in [-0.25, -0.2) is 0 Å². The second-order valence-corrected chi connectivity index (χ2v) is 12.7. The van der Waals surface area contributed by atoms with Gasteiger partial charge in [-0.2, -0.15) is 0 Å². The van der Waals surface area contributed by atoms with Crippen LogP contribution in [0.4, 0.5) is 0 Å². The highest BCUT2D eigenvalue weighted by molar-refractivity contribution is 5.27. The van der Waals surface area contributed by atoms with Crippen LogP contribution in [-0.4, -0.2) is 11.2 Å². The summed E-state index contributed by atoms with van der Waals surface area (Å²) in [5, 5.41) is 10.2. The summed E-state index contributed by atoms with van der Waals surface area (Å²) in [6, 6.07) is 0. The Morgan fingerprint density at radius 2 is 1.62 bits per heavy atom. The molecule has 0 radical (unpaired) electrons. The van der Waals surface area contributed by atoms with Crippen LogP contribution < -0.4 is 0 Å². The Morgan fingerprint density at radius 3 is 2.34 bits per heavy atom. The molecule has 0 spiro atoms. The maximum Gasteiger partial charge on any atom is 0.0543 e. The summed E-state index contributed by atoms with van der Waals surface area (Å²) >= 11 is 0. The molecule has 1 heteroatoms. The topological polar surface area (TPSA) is 20.2 Å². The van der Waals surface area contributed by atoms with Crippen molar-refractivity contribution in [3.63, 3.8) is 0 Å². The summed E-state index contributed by atoms with van der Waals surface area (Å²) in [5.41, 5.74) is 2.88. The van der Waals surface area contributed by atoms with Crippen molar-refractivity contribution in [3.8, 4) is 0 Å². The Morgan fingerprint density at radius 1 is 0.931 bits per heavy atom. The number of hydrogen-bond donors (Lipinski definition) is 1. The molecule has 0 aromatic carbocycles. The Bertz CT molecular complexity index is 620. The number of fused-ring (bicyclic) bond motifs is 5. The summed E-state index contributed by atoms with van der Waals surface area (Å²) in [4.78, 5) is 0. The second kappa shape index (κ2) is 7.99. The van der Waals surface area contributed by atoms with Crippen molar-refractivity contribution >= 4 is 0 Å². The van der Waals surface area contributed by atoms with Crippen molar-refractivity contribution in [2.45, 2.75) is 112 Å². The van der Waals surface area contributed by atoms with E-state index in [0.29, 0.717) is 10.8 Å². The minimum atomic E-state index is -0.0400. The molecule has 0 unspecified atom stereocenters. The van der Waals surface area contributed by atoms with Crippen LogP contribution >= 0.6 is 0 Å². The smallest absolute Gasteiger partial charge is 0.0543 e. The lowest BCUT2D eigenvalue weighted by atomic mass is 9.47. The molecule has 1 N–H and O–H groups in total. The summed E-state index contributed by atoms with van der Waals surface area (Å²) in [6.45, 7) is 15.1. The molecule has 29 heavy (non-hydrogen) atoms. The summed E-state index contributed by atoms with van der Waals surface area (Å²) in [6.07, 6.45) is 15.8. The third kappa shape index (κ3) is 3.66. The molecular formula is C28H48O. The fourth-order valence-corrected chi connectivity index (χ4v) is 8.53. The minimum Gasteiger partial charge on any atom is -0.393 e. The second-order valence-electron chi connectivity index (χ2n) is 12.7. The third-order valence-corrected chi connectivity index (χ3v) is 11.0. The molecule has 4 aliphatic rings. The normalized spacial score (nSPS) is 46.5. The molecular weight excluding hydrogens is 352 g/mol. The first-order valence-corrected chi connectivity index (χ1v) is 13.0. The third-order valence-electron chi connectivity index (χ3n) is 11.0. The van der Waals surface area contributed by atoms with Crippen LogP contribution in [-0.2, 0) is 0 Å². The maximum absolute atomic E-state index is 10.2. The Hall–Kier alpha value is -0.300. The van der Waals surface area contributed by atoms with Gasteiger partial charge in [0.2, 0.25) is 0 Å². The Kier molecular flexibility index (Phi) is 6.04. The summed E-state index contributed by atoms with van der Waals surface area (Å²) < 4.78 is 0. The minimum absolute atomic E-state index is 0.0400. The Labute approximate surface area is 181 Å². The van der Waals surface area contributed by atoms with E-state index in [1.54, 1.807) is 0 Å². The van der Waals surface area contributed by atoms with Crippen LogP contribution in [0, 0.1) is 52.3 Å². The van der Waals surface area contributed by atoms with Gasteiger partial charge in [0.15, 0.2) is 0 Å². The highest BCUT2D eigenvalue weighted by Gasteiger charge is 2.58. The molecule has 0 heterocycles. The van der Waals surface area contributed by atoms with E-state index in [9.17, 15) is 5.11 Å². The molecule has 4 rings (SSSR count). The van der Waals surface area contributed by atoms with E-state index in [2.05, 4.69) is 47.6 Å². The van der Waals surface area contributed by atoms with Gasteiger partial charge in [0, 0.05) is 0 Å².